The van der Waals surface area contributed by atoms with E-state index < -0.39 is 5.54 Å². The Balaban J connectivity index is 1.88. The predicted molar refractivity (Wildman–Crippen MR) is 119 cm³/mol. The topological polar surface area (TPSA) is 80.4 Å². The van der Waals surface area contributed by atoms with Crippen LogP contribution >= 0.6 is 0 Å². The lowest BCUT2D eigenvalue weighted by molar-refractivity contribution is -0.123. The second-order valence-electron chi connectivity index (χ2n) is 7.63. The van der Waals surface area contributed by atoms with Crippen LogP contribution in [-0.2, 0) is 10.3 Å². The monoisotopic (exact) mass is 408 g/mol. The van der Waals surface area contributed by atoms with E-state index in [1.54, 1.807) is 32.0 Å². The van der Waals surface area contributed by atoms with E-state index >= 15 is 0 Å². The molecule has 30 heavy (non-hydrogen) atoms. The lowest BCUT2D eigenvalue weighted by Gasteiger charge is -2.26. The third-order valence-electron chi connectivity index (χ3n) is 5.25. The Labute approximate surface area is 176 Å². The molecule has 7 nitrogen and oxygen atoms in total. The predicted octanol–water partition coefficient (Wildman–Crippen LogP) is 4.03. The van der Waals surface area contributed by atoms with Crippen LogP contribution in [0.5, 0.6) is 0 Å². The van der Waals surface area contributed by atoms with Crippen molar-refractivity contribution in [1.29, 1.82) is 0 Å². The molecule has 0 saturated heterocycles. The van der Waals surface area contributed by atoms with E-state index in [1.165, 1.54) is 17.0 Å². The van der Waals surface area contributed by atoms with Gasteiger partial charge >= 0.3 is 0 Å². The van der Waals surface area contributed by atoms with Crippen LogP contribution in [0.3, 0.4) is 0 Å². The Morgan fingerprint density at radius 3 is 2.50 bits per heavy atom. The van der Waals surface area contributed by atoms with E-state index in [4.69, 9.17) is 4.42 Å². The largest absolute Gasteiger partial charge is 0.463 e. The summed E-state index contributed by atoms with van der Waals surface area (Å²) in [6, 6.07) is 12.4. The number of aromatic nitrogens is 2. The number of anilines is 2. The number of benzene rings is 1. The molecule has 1 N–H and O–H groups in total. The fourth-order valence-corrected chi connectivity index (χ4v) is 3.31. The van der Waals surface area contributed by atoms with Crippen molar-refractivity contribution in [3.8, 4) is 11.5 Å². The van der Waals surface area contributed by atoms with E-state index in [1.807, 2.05) is 19.1 Å². The highest BCUT2D eigenvalue weighted by molar-refractivity contribution is 5.96. The van der Waals surface area contributed by atoms with E-state index in [-0.39, 0.29) is 11.5 Å². The normalized spacial score (nSPS) is 11.4. The quantitative estimate of drug-likeness (QED) is 0.638. The Morgan fingerprint density at radius 1 is 1.17 bits per heavy atom. The van der Waals surface area contributed by atoms with Crippen LogP contribution in [-0.4, -0.2) is 28.8 Å². The van der Waals surface area contributed by atoms with E-state index in [0.717, 1.165) is 24.3 Å². The first kappa shape index (κ1) is 21.4. The molecule has 158 valence electrons. The molecule has 0 bridgehead atoms. The van der Waals surface area contributed by atoms with Gasteiger partial charge in [-0.25, -0.2) is 4.68 Å². The molecule has 3 rings (SSSR count). The number of hydrogen-bond acceptors (Lipinski definition) is 5. The summed E-state index contributed by atoms with van der Waals surface area (Å²) in [5, 5.41) is 7.33. The molecule has 3 aromatic rings. The van der Waals surface area contributed by atoms with Crippen molar-refractivity contribution in [2.24, 2.45) is 0 Å². The van der Waals surface area contributed by atoms with Gasteiger partial charge in [0.05, 0.1) is 6.26 Å². The minimum atomic E-state index is -1.20. The SMILES string of the molecule is CCN(CC)c1ccc(NC(=O)C(C)(C)n2nc(-c3ccco3)ccc2=O)c(C)c1. The summed E-state index contributed by atoms with van der Waals surface area (Å²) >= 11 is 0. The molecule has 1 aromatic carbocycles. The van der Waals surface area contributed by atoms with Gasteiger partial charge in [-0.3, -0.25) is 9.59 Å². The van der Waals surface area contributed by atoms with Crippen molar-refractivity contribution in [2.45, 2.75) is 40.2 Å². The number of amides is 1. The summed E-state index contributed by atoms with van der Waals surface area (Å²) in [5.41, 5.74) is 1.69. The molecule has 1 amide bonds. The minimum absolute atomic E-state index is 0.326. The molecule has 0 atom stereocenters. The van der Waals surface area contributed by atoms with Crippen LogP contribution < -0.4 is 15.8 Å². The smallest absolute Gasteiger partial charge is 0.267 e. The molecule has 0 spiro atoms. The highest BCUT2D eigenvalue weighted by Gasteiger charge is 2.32. The molecule has 0 unspecified atom stereocenters. The minimum Gasteiger partial charge on any atom is -0.463 e. The number of hydrogen-bond donors (Lipinski definition) is 1. The Hall–Kier alpha value is -3.35. The van der Waals surface area contributed by atoms with Crippen LogP contribution in [0.25, 0.3) is 11.5 Å². The van der Waals surface area contributed by atoms with Crippen molar-refractivity contribution < 1.29 is 9.21 Å². The second kappa shape index (κ2) is 8.57. The molecular weight excluding hydrogens is 380 g/mol. The Morgan fingerprint density at radius 2 is 1.90 bits per heavy atom. The average molecular weight is 409 g/mol. The van der Waals surface area contributed by atoms with Crippen molar-refractivity contribution in [3.63, 3.8) is 0 Å². The molecule has 7 heteroatoms. The first-order valence-electron chi connectivity index (χ1n) is 10.1. The second-order valence-corrected chi connectivity index (χ2v) is 7.63. The maximum Gasteiger partial charge on any atom is 0.267 e. The third kappa shape index (κ3) is 4.15. The number of aryl methyl sites for hydroxylation is 1. The van der Waals surface area contributed by atoms with Gasteiger partial charge in [-0.1, -0.05) is 0 Å². The fraction of sp³-hybridized carbons (Fsp3) is 0.348. The summed E-state index contributed by atoms with van der Waals surface area (Å²) in [5.74, 6) is 0.204. The van der Waals surface area contributed by atoms with Gasteiger partial charge in [-0.15, -0.1) is 0 Å². The molecule has 0 aliphatic carbocycles. The fourth-order valence-electron chi connectivity index (χ4n) is 3.31. The van der Waals surface area contributed by atoms with Gasteiger partial charge in [0.25, 0.3) is 11.5 Å². The number of rotatable bonds is 7. The highest BCUT2D eigenvalue weighted by Crippen LogP contribution is 2.25. The number of nitrogens with zero attached hydrogens (tertiary/aromatic N) is 3. The van der Waals surface area contributed by atoms with Gasteiger partial charge in [-0.2, -0.15) is 5.10 Å². The van der Waals surface area contributed by atoms with Gasteiger partial charge in [0.1, 0.15) is 11.2 Å². The maximum absolute atomic E-state index is 13.1. The van der Waals surface area contributed by atoms with Crippen LogP contribution in [0.2, 0.25) is 0 Å². The summed E-state index contributed by atoms with van der Waals surface area (Å²) < 4.78 is 6.56. The van der Waals surface area contributed by atoms with Gasteiger partial charge in [-0.05, 0) is 76.6 Å². The summed E-state index contributed by atoms with van der Waals surface area (Å²) in [7, 11) is 0. The van der Waals surface area contributed by atoms with Crippen LogP contribution in [0.4, 0.5) is 11.4 Å². The molecule has 0 aliphatic rings. The number of carbonyl (C=O) groups is 1. The summed E-state index contributed by atoms with van der Waals surface area (Å²) in [6.45, 7) is 11.3. The Kier molecular flexibility index (Phi) is 6.10. The number of nitrogens with one attached hydrogen (secondary N) is 1. The van der Waals surface area contributed by atoms with Crippen LogP contribution in [0.1, 0.15) is 33.3 Å². The summed E-state index contributed by atoms with van der Waals surface area (Å²) in [4.78, 5) is 27.8. The number of furan rings is 1. The van der Waals surface area contributed by atoms with Crippen molar-refractivity contribution in [3.05, 3.63) is 64.6 Å². The highest BCUT2D eigenvalue weighted by atomic mass is 16.3. The van der Waals surface area contributed by atoms with Gasteiger partial charge < -0.3 is 14.6 Å². The van der Waals surface area contributed by atoms with Gasteiger partial charge in [0, 0.05) is 30.5 Å². The first-order chi connectivity index (χ1) is 14.3. The van der Waals surface area contributed by atoms with Crippen molar-refractivity contribution >= 4 is 17.3 Å². The van der Waals surface area contributed by atoms with E-state index in [2.05, 4.69) is 35.2 Å². The molecular formula is C23H28N4O3. The third-order valence-corrected chi connectivity index (χ3v) is 5.25. The maximum atomic E-state index is 13.1. The molecule has 2 aromatic heterocycles. The lowest BCUT2D eigenvalue weighted by atomic mass is 10.0. The first-order valence-corrected chi connectivity index (χ1v) is 10.1. The van der Waals surface area contributed by atoms with Crippen molar-refractivity contribution in [1.82, 2.24) is 9.78 Å². The molecule has 0 aliphatic heterocycles. The van der Waals surface area contributed by atoms with Gasteiger partial charge in [0.15, 0.2) is 5.76 Å². The average Bonchev–Trinajstić information content (AvgIpc) is 3.26. The summed E-state index contributed by atoms with van der Waals surface area (Å²) in [6.07, 6.45) is 1.54. The lowest BCUT2D eigenvalue weighted by Crippen LogP contribution is -2.47. The van der Waals surface area contributed by atoms with Crippen molar-refractivity contribution in [2.75, 3.05) is 23.3 Å². The molecule has 0 fully saturated rings. The Bertz CT molecular complexity index is 1080. The van der Waals surface area contributed by atoms with Crippen LogP contribution in [0.15, 0.2) is 57.9 Å². The molecule has 0 radical (unpaired) electrons. The van der Waals surface area contributed by atoms with Crippen LogP contribution in [0, 0.1) is 6.92 Å². The molecule has 0 saturated carbocycles. The zero-order valence-electron chi connectivity index (χ0n) is 18.1. The standard InChI is InChI=1S/C23H28N4O3/c1-6-26(7-2)17-10-11-18(16(3)15-17)24-22(29)23(4,5)27-21(28)13-12-19(25-27)20-9-8-14-30-20/h8-15H,6-7H2,1-5H3,(H,24,29). The zero-order chi connectivity index (χ0) is 21.9. The molecule has 2 heterocycles. The van der Waals surface area contributed by atoms with Gasteiger partial charge in [0.2, 0.25) is 0 Å². The van der Waals surface area contributed by atoms with E-state index in [9.17, 15) is 9.59 Å². The zero-order valence-corrected chi connectivity index (χ0v) is 18.1. The number of carbonyl (C=O) groups excluding carboxylic acids is 1. The van der Waals surface area contributed by atoms with E-state index in [0.29, 0.717) is 17.1 Å².